The van der Waals surface area contributed by atoms with Crippen LogP contribution in [0.1, 0.15) is 26.7 Å². The largest absolute Gasteiger partial charge is 0.377 e. The van der Waals surface area contributed by atoms with E-state index >= 15 is 0 Å². The van der Waals surface area contributed by atoms with Gasteiger partial charge in [-0.1, -0.05) is 6.92 Å². The van der Waals surface area contributed by atoms with Gasteiger partial charge in [0.25, 0.3) is 0 Å². The number of rotatable bonds is 6. The van der Waals surface area contributed by atoms with Crippen molar-refractivity contribution < 1.29 is 13.2 Å². The van der Waals surface area contributed by atoms with Gasteiger partial charge in [-0.15, -0.1) is 0 Å². The molecule has 0 aromatic heterocycles. The molecule has 0 radical (unpaired) electrons. The molecule has 0 aliphatic carbocycles. The van der Waals surface area contributed by atoms with E-state index in [1.807, 2.05) is 13.8 Å². The Morgan fingerprint density at radius 3 is 2.94 bits per heavy atom. The normalized spacial score (nSPS) is 23.5. The van der Waals surface area contributed by atoms with Crippen LogP contribution in [0.25, 0.3) is 0 Å². The van der Waals surface area contributed by atoms with E-state index in [2.05, 4.69) is 5.32 Å². The lowest BCUT2D eigenvalue weighted by molar-refractivity contribution is 0.0752. The minimum absolute atomic E-state index is 0.000965. The third-order valence-electron chi connectivity index (χ3n) is 2.81. The molecule has 1 unspecified atom stereocenters. The molecule has 1 rings (SSSR count). The van der Waals surface area contributed by atoms with Gasteiger partial charge in [0.1, 0.15) is 0 Å². The Kier molecular flexibility index (Phi) is 6.40. The van der Waals surface area contributed by atoms with Crippen molar-refractivity contribution in [1.29, 1.82) is 0 Å². The van der Waals surface area contributed by atoms with Crippen LogP contribution in [0.5, 0.6) is 0 Å². The summed E-state index contributed by atoms with van der Waals surface area (Å²) >= 11 is 0. The molecule has 6 heteroatoms. The smallest absolute Gasteiger partial charge is 0.214 e. The highest BCUT2D eigenvalue weighted by Crippen LogP contribution is 2.11. The number of sulfonamides is 1. The second-order valence-corrected chi connectivity index (χ2v) is 6.50. The summed E-state index contributed by atoms with van der Waals surface area (Å²) in [4.78, 5) is 0. The molecular formula is C11H24N2O3S. The Morgan fingerprint density at radius 1 is 1.47 bits per heavy atom. The lowest BCUT2D eigenvalue weighted by Gasteiger charge is -2.21. The van der Waals surface area contributed by atoms with Gasteiger partial charge in [0, 0.05) is 19.7 Å². The van der Waals surface area contributed by atoms with Crippen LogP contribution >= 0.6 is 0 Å². The monoisotopic (exact) mass is 264 g/mol. The SMILES string of the molecule is CCNCCCS(=O)(=O)N1CCCOC(C)C1. The fourth-order valence-corrected chi connectivity index (χ4v) is 3.51. The highest BCUT2D eigenvalue weighted by atomic mass is 32.2. The van der Waals surface area contributed by atoms with Crippen LogP contribution in [0.2, 0.25) is 0 Å². The molecule has 0 spiro atoms. The molecule has 0 aromatic rings. The van der Waals surface area contributed by atoms with Gasteiger partial charge in [0.05, 0.1) is 11.9 Å². The van der Waals surface area contributed by atoms with Crippen LogP contribution in [0.3, 0.4) is 0 Å². The standard InChI is InChI=1S/C11H24N2O3S/c1-3-12-6-4-9-17(14,15)13-7-5-8-16-11(2)10-13/h11-12H,3-10H2,1-2H3. The summed E-state index contributed by atoms with van der Waals surface area (Å²) in [7, 11) is -3.11. The minimum Gasteiger partial charge on any atom is -0.377 e. The summed E-state index contributed by atoms with van der Waals surface area (Å²) in [6, 6.07) is 0. The lowest BCUT2D eigenvalue weighted by Crippen LogP contribution is -2.38. The molecule has 0 aromatic carbocycles. The van der Waals surface area contributed by atoms with Gasteiger partial charge in [-0.3, -0.25) is 0 Å². The van der Waals surface area contributed by atoms with Gasteiger partial charge in [-0.25, -0.2) is 8.42 Å². The van der Waals surface area contributed by atoms with Crippen LogP contribution in [-0.2, 0) is 14.8 Å². The maximum atomic E-state index is 12.1. The van der Waals surface area contributed by atoms with E-state index in [1.54, 1.807) is 4.31 Å². The first-order valence-electron chi connectivity index (χ1n) is 6.36. The second-order valence-electron chi connectivity index (χ2n) is 4.42. The van der Waals surface area contributed by atoms with Crippen molar-refractivity contribution in [3.63, 3.8) is 0 Å². The van der Waals surface area contributed by atoms with Crippen molar-refractivity contribution in [3.8, 4) is 0 Å². The second kappa shape index (κ2) is 7.31. The van der Waals surface area contributed by atoms with Crippen molar-refractivity contribution in [3.05, 3.63) is 0 Å². The first-order chi connectivity index (χ1) is 8.06. The van der Waals surface area contributed by atoms with E-state index in [1.165, 1.54) is 0 Å². The summed E-state index contributed by atoms with van der Waals surface area (Å²) in [5.74, 6) is 0.229. The van der Waals surface area contributed by atoms with Gasteiger partial charge in [-0.2, -0.15) is 4.31 Å². The molecular weight excluding hydrogens is 240 g/mol. The van der Waals surface area contributed by atoms with Gasteiger partial charge in [0.2, 0.25) is 10.0 Å². The van der Waals surface area contributed by atoms with Crippen molar-refractivity contribution >= 4 is 10.0 Å². The Labute approximate surface area is 105 Å². The summed E-state index contributed by atoms with van der Waals surface area (Å²) in [6.07, 6.45) is 1.46. The molecule has 0 bridgehead atoms. The summed E-state index contributed by atoms with van der Waals surface area (Å²) in [5, 5.41) is 3.14. The van der Waals surface area contributed by atoms with Crippen molar-refractivity contribution in [2.75, 3.05) is 38.5 Å². The van der Waals surface area contributed by atoms with E-state index in [-0.39, 0.29) is 11.9 Å². The van der Waals surface area contributed by atoms with Gasteiger partial charge < -0.3 is 10.1 Å². The third-order valence-corrected chi connectivity index (χ3v) is 4.74. The van der Waals surface area contributed by atoms with Gasteiger partial charge in [-0.05, 0) is 32.9 Å². The molecule has 1 atom stereocenters. The zero-order chi connectivity index (χ0) is 12.7. The number of hydrogen-bond acceptors (Lipinski definition) is 4. The molecule has 5 nitrogen and oxygen atoms in total. The molecule has 0 saturated carbocycles. The Hall–Kier alpha value is -0.170. The van der Waals surface area contributed by atoms with E-state index in [0.717, 1.165) is 19.5 Å². The molecule has 1 aliphatic heterocycles. The number of nitrogens with zero attached hydrogens (tertiary/aromatic N) is 1. The molecule has 1 saturated heterocycles. The van der Waals surface area contributed by atoms with E-state index in [9.17, 15) is 8.42 Å². The highest BCUT2D eigenvalue weighted by molar-refractivity contribution is 7.89. The average molecular weight is 264 g/mol. The van der Waals surface area contributed by atoms with Gasteiger partial charge in [0.15, 0.2) is 0 Å². The first kappa shape index (κ1) is 14.9. The summed E-state index contributed by atoms with van der Waals surface area (Å²) < 4.78 is 31.2. The molecule has 1 heterocycles. The number of nitrogens with one attached hydrogen (secondary N) is 1. The van der Waals surface area contributed by atoms with E-state index < -0.39 is 10.0 Å². The fourth-order valence-electron chi connectivity index (χ4n) is 1.89. The molecule has 0 amide bonds. The van der Waals surface area contributed by atoms with Crippen LogP contribution in [0.15, 0.2) is 0 Å². The molecule has 1 fully saturated rings. The maximum absolute atomic E-state index is 12.1. The molecule has 1 aliphatic rings. The zero-order valence-electron chi connectivity index (χ0n) is 10.8. The zero-order valence-corrected chi connectivity index (χ0v) is 11.6. The quantitative estimate of drug-likeness (QED) is 0.707. The van der Waals surface area contributed by atoms with Crippen LogP contribution < -0.4 is 5.32 Å². The van der Waals surface area contributed by atoms with Crippen LogP contribution in [0.4, 0.5) is 0 Å². The van der Waals surface area contributed by atoms with E-state index in [4.69, 9.17) is 4.74 Å². The predicted octanol–water partition coefficient (Wildman–Crippen LogP) is 0.427. The lowest BCUT2D eigenvalue weighted by atomic mass is 10.4. The molecule has 1 N–H and O–H groups in total. The Bertz CT molecular complexity index is 306. The number of ether oxygens (including phenoxy) is 1. The van der Waals surface area contributed by atoms with Crippen LogP contribution in [-0.4, -0.2) is 57.4 Å². The van der Waals surface area contributed by atoms with E-state index in [0.29, 0.717) is 26.1 Å². The Balaban J connectivity index is 2.44. The minimum atomic E-state index is -3.11. The maximum Gasteiger partial charge on any atom is 0.214 e. The fraction of sp³-hybridized carbons (Fsp3) is 1.00. The average Bonchev–Trinajstić information content (AvgIpc) is 2.50. The first-order valence-corrected chi connectivity index (χ1v) is 7.97. The predicted molar refractivity (Wildman–Crippen MR) is 68.6 cm³/mol. The highest BCUT2D eigenvalue weighted by Gasteiger charge is 2.25. The van der Waals surface area contributed by atoms with Crippen LogP contribution in [0, 0.1) is 0 Å². The molecule has 102 valence electrons. The third kappa shape index (κ3) is 5.33. The van der Waals surface area contributed by atoms with Crippen molar-refractivity contribution in [2.24, 2.45) is 0 Å². The number of hydrogen-bond donors (Lipinski definition) is 1. The van der Waals surface area contributed by atoms with Crippen molar-refractivity contribution in [2.45, 2.75) is 32.8 Å². The molecule has 17 heavy (non-hydrogen) atoms. The Morgan fingerprint density at radius 2 is 2.24 bits per heavy atom. The topological polar surface area (TPSA) is 58.6 Å². The summed E-state index contributed by atoms with van der Waals surface area (Å²) in [5.41, 5.74) is 0. The summed E-state index contributed by atoms with van der Waals surface area (Å²) in [6.45, 7) is 7.32. The van der Waals surface area contributed by atoms with Gasteiger partial charge >= 0.3 is 0 Å². The van der Waals surface area contributed by atoms with Crippen molar-refractivity contribution in [1.82, 2.24) is 9.62 Å².